The second kappa shape index (κ2) is 7.01. The lowest BCUT2D eigenvalue weighted by Crippen LogP contribution is -2.28. The Morgan fingerprint density at radius 2 is 1.92 bits per heavy atom. The molecule has 3 aromatic rings. The fourth-order valence-corrected chi connectivity index (χ4v) is 2.46. The average molecular weight is 363 g/mol. The van der Waals surface area contributed by atoms with E-state index in [4.69, 9.17) is 17.3 Å². The lowest BCUT2D eigenvalue weighted by molar-refractivity contribution is 0.100. The molecule has 0 saturated carbocycles. The lowest BCUT2D eigenvalue weighted by atomic mass is 10.2. The molecule has 130 valence electrons. The number of amides is 1. The van der Waals surface area contributed by atoms with Crippen molar-refractivity contribution in [3.8, 4) is 5.69 Å². The van der Waals surface area contributed by atoms with Gasteiger partial charge in [0.05, 0.1) is 19.3 Å². The smallest absolute Gasteiger partial charge is 0.248 e. The SMILES string of the molecule is NC(=O)c1ccc(-n2cnc3c(NC(CO)CO)nc(Cl)nc32)cc1. The standard InChI is InChI=1S/C15H15ClN6O3/c16-15-20-13(19-9(5-23)6-24)11-14(21-15)22(7-18-11)10-3-1-8(2-4-10)12(17)25/h1-4,7,9,23-24H,5-6H2,(H2,17,25)(H,19,20,21). The first-order chi connectivity index (χ1) is 12.0. The molecular weight excluding hydrogens is 348 g/mol. The summed E-state index contributed by atoms with van der Waals surface area (Å²) in [6.45, 7) is -0.566. The molecular formula is C15H15ClN6O3. The molecule has 0 unspecified atom stereocenters. The molecule has 0 aliphatic carbocycles. The van der Waals surface area contributed by atoms with Gasteiger partial charge >= 0.3 is 0 Å². The van der Waals surface area contributed by atoms with Crippen molar-refractivity contribution in [1.82, 2.24) is 19.5 Å². The molecule has 0 bridgehead atoms. The molecule has 2 aromatic heterocycles. The summed E-state index contributed by atoms with van der Waals surface area (Å²) >= 11 is 5.99. The zero-order chi connectivity index (χ0) is 18.0. The average Bonchev–Trinajstić information content (AvgIpc) is 3.03. The maximum atomic E-state index is 11.2. The second-order valence-electron chi connectivity index (χ2n) is 5.25. The van der Waals surface area contributed by atoms with Crippen LogP contribution in [0.3, 0.4) is 0 Å². The van der Waals surface area contributed by atoms with Crippen molar-refractivity contribution in [2.75, 3.05) is 18.5 Å². The first kappa shape index (κ1) is 17.1. The van der Waals surface area contributed by atoms with Crippen LogP contribution in [0.1, 0.15) is 10.4 Å². The van der Waals surface area contributed by atoms with Gasteiger partial charge in [-0.3, -0.25) is 9.36 Å². The molecule has 1 aromatic carbocycles. The van der Waals surface area contributed by atoms with Crippen LogP contribution in [0, 0.1) is 0 Å². The zero-order valence-electron chi connectivity index (χ0n) is 12.9. The summed E-state index contributed by atoms with van der Waals surface area (Å²) in [5, 5.41) is 21.3. The Balaban J connectivity index is 2.06. The number of nitrogens with one attached hydrogen (secondary N) is 1. The van der Waals surface area contributed by atoms with E-state index in [9.17, 15) is 15.0 Å². The van der Waals surface area contributed by atoms with Crippen LogP contribution in [0.2, 0.25) is 5.28 Å². The van der Waals surface area contributed by atoms with Crippen LogP contribution in [-0.2, 0) is 0 Å². The normalized spacial score (nSPS) is 11.2. The number of hydrogen-bond donors (Lipinski definition) is 4. The van der Waals surface area contributed by atoms with Gasteiger partial charge in [0, 0.05) is 11.3 Å². The van der Waals surface area contributed by atoms with Crippen molar-refractivity contribution in [1.29, 1.82) is 0 Å². The summed E-state index contributed by atoms with van der Waals surface area (Å²) in [6, 6.07) is 6.00. The number of carbonyl (C=O) groups is 1. The molecule has 0 radical (unpaired) electrons. The Bertz CT molecular complexity index is 908. The van der Waals surface area contributed by atoms with Crippen LogP contribution in [0.15, 0.2) is 30.6 Å². The topological polar surface area (TPSA) is 139 Å². The van der Waals surface area contributed by atoms with E-state index in [1.54, 1.807) is 28.8 Å². The number of hydrogen-bond acceptors (Lipinski definition) is 7. The van der Waals surface area contributed by atoms with Crippen LogP contribution in [0.5, 0.6) is 0 Å². The Labute approximate surface area is 147 Å². The highest BCUT2D eigenvalue weighted by Gasteiger charge is 2.16. The third-order valence-electron chi connectivity index (χ3n) is 3.58. The predicted octanol–water partition coefficient (Wildman–Crippen LogP) is 0.333. The fraction of sp³-hybridized carbons (Fsp3) is 0.200. The van der Waals surface area contributed by atoms with Gasteiger partial charge in [0.1, 0.15) is 6.33 Å². The van der Waals surface area contributed by atoms with Crippen molar-refractivity contribution >= 4 is 34.5 Å². The summed E-state index contributed by atoms with van der Waals surface area (Å²) in [7, 11) is 0. The monoisotopic (exact) mass is 362 g/mol. The first-order valence-corrected chi connectivity index (χ1v) is 7.70. The molecule has 0 saturated heterocycles. The van der Waals surface area contributed by atoms with Crippen LogP contribution >= 0.6 is 11.6 Å². The molecule has 0 spiro atoms. The number of aliphatic hydroxyl groups is 2. The van der Waals surface area contributed by atoms with Gasteiger partial charge in [-0.1, -0.05) is 0 Å². The number of anilines is 1. The minimum atomic E-state index is -0.603. The minimum Gasteiger partial charge on any atom is -0.394 e. The molecule has 9 nitrogen and oxygen atoms in total. The highest BCUT2D eigenvalue weighted by Crippen LogP contribution is 2.24. The molecule has 0 aliphatic rings. The van der Waals surface area contributed by atoms with Gasteiger partial charge in [0.2, 0.25) is 11.2 Å². The van der Waals surface area contributed by atoms with Gasteiger partial charge < -0.3 is 21.3 Å². The molecule has 0 atom stereocenters. The largest absolute Gasteiger partial charge is 0.394 e. The fourth-order valence-electron chi connectivity index (χ4n) is 2.29. The molecule has 0 aliphatic heterocycles. The van der Waals surface area contributed by atoms with Crippen molar-refractivity contribution in [3.05, 3.63) is 41.4 Å². The highest BCUT2D eigenvalue weighted by atomic mass is 35.5. The van der Waals surface area contributed by atoms with E-state index < -0.39 is 11.9 Å². The lowest BCUT2D eigenvalue weighted by Gasteiger charge is -2.14. The van der Waals surface area contributed by atoms with Crippen LogP contribution in [-0.4, -0.2) is 54.9 Å². The van der Waals surface area contributed by atoms with E-state index in [2.05, 4.69) is 20.3 Å². The number of fused-ring (bicyclic) bond motifs is 1. The maximum Gasteiger partial charge on any atom is 0.248 e. The van der Waals surface area contributed by atoms with Gasteiger partial charge in [-0.2, -0.15) is 9.97 Å². The number of benzene rings is 1. The van der Waals surface area contributed by atoms with Crippen molar-refractivity contribution in [2.24, 2.45) is 5.73 Å². The molecule has 2 heterocycles. The summed E-state index contributed by atoms with van der Waals surface area (Å²) < 4.78 is 1.67. The highest BCUT2D eigenvalue weighted by molar-refractivity contribution is 6.28. The molecule has 25 heavy (non-hydrogen) atoms. The number of primary amides is 1. The van der Waals surface area contributed by atoms with Crippen LogP contribution < -0.4 is 11.1 Å². The Morgan fingerprint density at radius 1 is 1.24 bits per heavy atom. The van der Waals surface area contributed by atoms with Gasteiger partial charge in [0.25, 0.3) is 0 Å². The number of nitrogens with two attached hydrogens (primary N) is 1. The summed E-state index contributed by atoms with van der Waals surface area (Å²) in [6.07, 6.45) is 1.53. The maximum absolute atomic E-state index is 11.2. The number of carbonyl (C=O) groups excluding carboxylic acids is 1. The molecule has 1 amide bonds. The van der Waals surface area contributed by atoms with Crippen LogP contribution in [0.4, 0.5) is 5.82 Å². The Kier molecular flexibility index (Phi) is 4.79. The number of aromatic nitrogens is 4. The molecule has 3 rings (SSSR count). The Hall–Kier alpha value is -2.75. The number of rotatable bonds is 6. The number of imidazole rings is 1. The van der Waals surface area contributed by atoms with Crippen LogP contribution in [0.25, 0.3) is 16.9 Å². The Morgan fingerprint density at radius 3 is 2.52 bits per heavy atom. The first-order valence-electron chi connectivity index (χ1n) is 7.32. The zero-order valence-corrected chi connectivity index (χ0v) is 13.7. The second-order valence-corrected chi connectivity index (χ2v) is 5.58. The quantitative estimate of drug-likeness (QED) is 0.463. The van der Waals surface area contributed by atoms with Crippen molar-refractivity contribution in [3.63, 3.8) is 0 Å². The third-order valence-corrected chi connectivity index (χ3v) is 3.75. The molecule has 10 heteroatoms. The van der Waals surface area contributed by atoms with Crippen molar-refractivity contribution in [2.45, 2.75) is 6.04 Å². The van der Waals surface area contributed by atoms with Gasteiger partial charge in [-0.05, 0) is 35.9 Å². The van der Waals surface area contributed by atoms with E-state index in [0.717, 1.165) is 0 Å². The molecule has 5 N–H and O–H groups in total. The minimum absolute atomic E-state index is 0.0138. The van der Waals surface area contributed by atoms with E-state index in [-0.39, 0.29) is 18.5 Å². The predicted molar refractivity (Wildman–Crippen MR) is 91.8 cm³/mol. The van der Waals surface area contributed by atoms with Gasteiger partial charge in [-0.25, -0.2) is 4.98 Å². The third kappa shape index (κ3) is 3.38. The van der Waals surface area contributed by atoms with Crippen molar-refractivity contribution < 1.29 is 15.0 Å². The van der Waals surface area contributed by atoms with E-state index in [1.165, 1.54) is 6.33 Å². The number of halogens is 1. The molecule has 0 fully saturated rings. The van der Waals surface area contributed by atoms with Gasteiger partial charge in [0.15, 0.2) is 17.0 Å². The summed E-state index contributed by atoms with van der Waals surface area (Å²) in [5.74, 6) is -0.214. The summed E-state index contributed by atoms with van der Waals surface area (Å²) in [5.41, 5.74) is 7.19. The van der Waals surface area contributed by atoms with Gasteiger partial charge in [-0.15, -0.1) is 0 Å². The number of aliphatic hydroxyl groups excluding tert-OH is 2. The summed E-state index contributed by atoms with van der Waals surface area (Å²) in [4.78, 5) is 23.7. The van der Waals surface area contributed by atoms with E-state index in [0.29, 0.717) is 28.2 Å². The van der Waals surface area contributed by atoms with E-state index in [1.807, 2.05) is 0 Å². The van der Waals surface area contributed by atoms with E-state index >= 15 is 0 Å². The number of nitrogens with zero attached hydrogens (tertiary/aromatic N) is 4.